The Morgan fingerprint density at radius 1 is 1.56 bits per heavy atom. The quantitative estimate of drug-likeness (QED) is 0.864. The molecule has 1 aromatic rings. The summed E-state index contributed by atoms with van der Waals surface area (Å²) in [5, 5.41) is 0. The topological polar surface area (TPSA) is 47.1 Å². The minimum atomic E-state index is 0. The molecule has 1 fully saturated rings. The van der Waals surface area contributed by atoms with Gasteiger partial charge in [0.2, 0.25) is 0 Å². The van der Waals surface area contributed by atoms with Gasteiger partial charge in [-0.25, -0.2) is 4.98 Å². The standard InChI is InChI=1S/C11H20N4.ClH/c1-11(7-12)3-4-15(8-11)6-10-5-13-9-14(10)2;/h5,9H,3-4,6-8,12H2,1-2H3;1H. The number of imidazole rings is 1. The molecule has 1 saturated heterocycles. The van der Waals surface area contributed by atoms with Crippen molar-refractivity contribution in [1.29, 1.82) is 0 Å². The van der Waals surface area contributed by atoms with Gasteiger partial charge < -0.3 is 10.3 Å². The Hall–Kier alpha value is -0.580. The van der Waals surface area contributed by atoms with Gasteiger partial charge in [-0.05, 0) is 24.9 Å². The monoisotopic (exact) mass is 244 g/mol. The van der Waals surface area contributed by atoms with Crippen LogP contribution in [-0.2, 0) is 13.6 Å². The Bertz CT molecular complexity index is 338. The van der Waals surface area contributed by atoms with Gasteiger partial charge in [-0.15, -0.1) is 12.4 Å². The van der Waals surface area contributed by atoms with Crippen LogP contribution in [-0.4, -0.2) is 34.1 Å². The second kappa shape index (κ2) is 5.17. The summed E-state index contributed by atoms with van der Waals surface area (Å²) in [6.07, 6.45) is 5.01. The van der Waals surface area contributed by atoms with Crippen molar-refractivity contribution in [2.45, 2.75) is 19.9 Å². The molecule has 1 aliphatic heterocycles. The molecule has 1 aliphatic rings. The van der Waals surface area contributed by atoms with E-state index < -0.39 is 0 Å². The van der Waals surface area contributed by atoms with Crippen LogP contribution >= 0.6 is 12.4 Å². The molecule has 0 spiro atoms. The van der Waals surface area contributed by atoms with E-state index in [-0.39, 0.29) is 12.4 Å². The van der Waals surface area contributed by atoms with Crippen molar-refractivity contribution in [2.24, 2.45) is 18.2 Å². The van der Waals surface area contributed by atoms with Gasteiger partial charge in [0, 0.05) is 26.3 Å². The van der Waals surface area contributed by atoms with Crippen LogP contribution in [0.3, 0.4) is 0 Å². The smallest absolute Gasteiger partial charge is 0.0945 e. The molecular formula is C11H21ClN4. The molecule has 1 aromatic heterocycles. The lowest BCUT2D eigenvalue weighted by Gasteiger charge is -2.22. The highest BCUT2D eigenvalue weighted by Gasteiger charge is 2.32. The van der Waals surface area contributed by atoms with Gasteiger partial charge >= 0.3 is 0 Å². The molecule has 92 valence electrons. The number of hydrogen-bond acceptors (Lipinski definition) is 3. The number of hydrogen-bond donors (Lipinski definition) is 1. The van der Waals surface area contributed by atoms with Crippen molar-refractivity contribution in [3.8, 4) is 0 Å². The third kappa shape index (κ3) is 2.75. The Kier molecular flexibility index (Phi) is 4.35. The van der Waals surface area contributed by atoms with E-state index in [0.29, 0.717) is 5.41 Å². The van der Waals surface area contributed by atoms with Crippen LogP contribution < -0.4 is 5.73 Å². The minimum absolute atomic E-state index is 0. The van der Waals surface area contributed by atoms with E-state index in [2.05, 4.69) is 21.4 Å². The number of aromatic nitrogens is 2. The molecule has 5 heteroatoms. The highest BCUT2D eigenvalue weighted by atomic mass is 35.5. The fourth-order valence-corrected chi connectivity index (χ4v) is 2.19. The van der Waals surface area contributed by atoms with E-state index in [1.165, 1.54) is 12.1 Å². The molecule has 0 aliphatic carbocycles. The summed E-state index contributed by atoms with van der Waals surface area (Å²) in [6.45, 7) is 6.31. The number of likely N-dealkylation sites (tertiary alicyclic amines) is 1. The molecule has 4 nitrogen and oxygen atoms in total. The van der Waals surface area contributed by atoms with E-state index in [1.54, 1.807) is 0 Å². The summed E-state index contributed by atoms with van der Waals surface area (Å²) < 4.78 is 2.08. The van der Waals surface area contributed by atoms with E-state index in [0.717, 1.165) is 26.2 Å². The lowest BCUT2D eigenvalue weighted by atomic mass is 9.90. The molecule has 16 heavy (non-hydrogen) atoms. The molecule has 0 aromatic carbocycles. The molecule has 0 radical (unpaired) electrons. The summed E-state index contributed by atoms with van der Waals surface area (Å²) in [5.41, 5.74) is 7.38. The lowest BCUT2D eigenvalue weighted by Crippen LogP contribution is -2.31. The molecule has 1 atom stereocenters. The zero-order chi connectivity index (χ0) is 10.9. The normalized spacial score (nSPS) is 25.7. The fraction of sp³-hybridized carbons (Fsp3) is 0.727. The first-order chi connectivity index (χ1) is 7.13. The number of halogens is 1. The summed E-state index contributed by atoms with van der Waals surface area (Å²) in [6, 6.07) is 0. The molecule has 0 saturated carbocycles. The van der Waals surface area contributed by atoms with Crippen molar-refractivity contribution in [3.63, 3.8) is 0 Å². The third-order valence-electron chi connectivity index (χ3n) is 3.43. The highest BCUT2D eigenvalue weighted by molar-refractivity contribution is 5.85. The number of nitrogens with two attached hydrogens (primary N) is 1. The SMILES string of the molecule is Cl.Cn1cncc1CN1CCC(C)(CN)C1. The van der Waals surface area contributed by atoms with Gasteiger partial charge in [-0.1, -0.05) is 6.92 Å². The molecule has 1 unspecified atom stereocenters. The van der Waals surface area contributed by atoms with Crippen LogP contribution in [0, 0.1) is 5.41 Å². The predicted octanol–water partition coefficient (Wildman–Crippen LogP) is 1.01. The van der Waals surface area contributed by atoms with Crippen LogP contribution in [0.15, 0.2) is 12.5 Å². The zero-order valence-electron chi connectivity index (χ0n) is 10.0. The van der Waals surface area contributed by atoms with E-state index in [4.69, 9.17) is 5.73 Å². The summed E-state index contributed by atoms with van der Waals surface area (Å²) in [5.74, 6) is 0. The fourth-order valence-electron chi connectivity index (χ4n) is 2.19. The number of aryl methyl sites for hydroxylation is 1. The van der Waals surface area contributed by atoms with Gasteiger partial charge in [0.05, 0.1) is 12.0 Å². The van der Waals surface area contributed by atoms with Gasteiger partial charge in [0.15, 0.2) is 0 Å². The van der Waals surface area contributed by atoms with Gasteiger partial charge in [-0.3, -0.25) is 4.90 Å². The maximum atomic E-state index is 5.79. The second-order valence-corrected chi connectivity index (χ2v) is 4.97. The highest BCUT2D eigenvalue weighted by Crippen LogP contribution is 2.29. The lowest BCUT2D eigenvalue weighted by molar-refractivity contribution is 0.270. The molecule has 2 N–H and O–H groups in total. The van der Waals surface area contributed by atoms with Crippen molar-refractivity contribution in [1.82, 2.24) is 14.5 Å². The number of nitrogens with zero attached hydrogens (tertiary/aromatic N) is 3. The Labute approximate surface area is 103 Å². The van der Waals surface area contributed by atoms with E-state index in [1.807, 2.05) is 19.6 Å². The maximum absolute atomic E-state index is 5.79. The van der Waals surface area contributed by atoms with Crippen molar-refractivity contribution in [2.75, 3.05) is 19.6 Å². The summed E-state index contributed by atoms with van der Waals surface area (Å²) in [4.78, 5) is 6.59. The van der Waals surface area contributed by atoms with Crippen LogP contribution in [0.4, 0.5) is 0 Å². The first-order valence-electron chi connectivity index (χ1n) is 5.51. The van der Waals surface area contributed by atoms with Crippen LogP contribution in [0.25, 0.3) is 0 Å². The summed E-state index contributed by atoms with van der Waals surface area (Å²) in [7, 11) is 2.04. The Morgan fingerprint density at radius 2 is 2.31 bits per heavy atom. The third-order valence-corrected chi connectivity index (χ3v) is 3.43. The molecular weight excluding hydrogens is 224 g/mol. The van der Waals surface area contributed by atoms with Gasteiger partial charge in [0.25, 0.3) is 0 Å². The molecule has 2 heterocycles. The van der Waals surface area contributed by atoms with Crippen molar-refractivity contribution < 1.29 is 0 Å². The molecule has 0 bridgehead atoms. The average molecular weight is 245 g/mol. The number of rotatable bonds is 3. The predicted molar refractivity (Wildman–Crippen MR) is 67.5 cm³/mol. The largest absolute Gasteiger partial charge is 0.337 e. The summed E-state index contributed by atoms with van der Waals surface area (Å²) >= 11 is 0. The van der Waals surface area contributed by atoms with E-state index in [9.17, 15) is 0 Å². The Balaban J connectivity index is 0.00000128. The van der Waals surface area contributed by atoms with Crippen LogP contribution in [0.1, 0.15) is 19.0 Å². The second-order valence-electron chi connectivity index (χ2n) is 4.97. The maximum Gasteiger partial charge on any atom is 0.0945 e. The first-order valence-corrected chi connectivity index (χ1v) is 5.51. The minimum Gasteiger partial charge on any atom is -0.337 e. The Morgan fingerprint density at radius 3 is 2.81 bits per heavy atom. The van der Waals surface area contributed by atoms with Gasteiger partial charge in [-0.2, -0.15) is 0 Å². The van der Waals surface area contributed by atoms with Crippen LogP contribution in [0.5, 0.6) is 0 Å². The van der Waals surface area contributed by atoms with Crippen molar-refractivity contribution in [3.05, 3.63) is 18.2 Å². The zero-order valence-corrected chi connectivity index (χ0v) is 10.8. The molecule has 0 amide bonds. The molecule has 2 rings (SSSR count). The van der Waals surface area contributed by atoms with Gasteiger partial charge in [0.1, 0.15) is 0 Å². The van der Waals surface area contributed by atoms with Crippen molar-refractivity contribution >= 4 is 12.4 Å². The average Bonchev–Trinajstić information content (AvgIpc) is 2.77. The van der Waals surface area contributed by atoms with E-state index >= 15 is 0 Å². The first kappa shape index (κ1) is 13.5. The van der Waals surface area contributed by atoms with Crippen LogP contribution in [0.2, 0.25) is 0 Å².